The molecular weight excluding hydrogens is 248 g/mol. The van der Waals surface area contributed by atoms with Gasteiger partial charge in [0.25, 0.3) is 11.6 Å². The van der Waals surface area contributed by atoms with E-state index in [0.29, 0.717) is 17.2 Å². The minimum atomic E-state index is -0.457. The second-order valence-electron chi connectivity index (χ2n) is 4.71. The van der Waals surface area contributed by atoms with E-state index >= 15 is 0 Å². The number of hydrogen-bond acceptors (Lipinski definition) is 5. The molecule has 7 nitrogen and oxygen atoms in total. The number of nitrogens with zero attached hydrogens (tertiary/aromatic N) is 1. The van der Waals surface area contributed by atoms with Crippen LogP contribution in [-0.4, -0.2) is 23.0 Å². The Bertz CT molecular complexity index is 518. The number of rotatable bonds is 3. The number of nitro benzene ring substituents is 1. The molecular formula is C12H16N4O3. The van der Waals surface area contributed by atoms with E-state index in [4.69, 9.17) is 0 Å². The van der Waals surface area contributed by atoms with E-state index in [1.807, 2.05) is 6.92 Å². The molecule has 2 unspecified atom stereocenters. The lowest BCUT2D eigenvalue weighted by molar-refractivity contribution is -0.385. The molecule has 1 aliphatic rings. The SMILES string of the molecule is Cc1cc(C(=O)NC2CC(C)NN2)ccc1[N+](=O)[O-]. The van der Waals surface area contributed by atoms with E-state index in [-0.39, 0.29) is 17.8 Å². The van der Waals surface area contributed by atoms with Crippen molar-refractivity contribution < 1.29 is 9.72 Å². The molecule has 1 aromatic rings. The fourth-order valence-corrected chi connectivity index (χ4v) is 2.05. The summed E-state index contributed by atoms with van der Waals surface area (Å²) in [5.74, 6) is -0.244. The second kappa shape index (κ2) is 5.33. The lowest BCUT2D eigenvalue weighted by atomic mass is 10.1. The van der Waals surface area contributed by atoms with Crippen LogP contribution in [0.25, 0.3) is 0 Å². The molecule has 1 amide bonds. The number of carbonyl (C=O) groups is 1. The predicted octanol–water partition coefficient (Wildman–Crippen LogP) is 0.846. The van der Waals surface area contributed by atoms with Crippen LogP contribution in [0, 0.1) is 17.0 Å². The molecule has 1 aliphatic heterocycles. The molecule has 0 saturated carbocycles. The van der Waals surface area contributed by atoms with Crippen LogP contribution in [0.3, 0.4) is 0 Å². The van der Waals surface area contributed by atoms with Gasteiger partial charge in [-0.05, 0) is 32.4 Å². The standard InChI is InChI=1S/C12H16N4O3/c1-7-5-9(3-4-10(7)16(18)19)12(17)13-11-6-8(2)14-15-11/h3-5,8,11,14-15H,6H2,1-2H3,(H,13,17). The minimum absolute atomic E-state index is 0.0193. The van der Waals surface area contributed by atoms with Crippen molar-refractivity contribution in [2.75, 3.05) is 0 Å². The average molecular weight is 264 g/mol. The van der Waals surface area contributed by atoms with Crippen molar-refractivity contribution in [1.82, 2.24) is 16.2 Å². The van der Waals surface area contributed by atoms with Crippen LogP contribution in [-0.2, 0) is 0 Å². The fourth-order valence-electron chi connectivity index (χ4n) is 2.05. The van der Waals surface area contributed by atoms with Crippen molar-refractivity contribution in [2.24, 2.45) is 0 Å². The number of hydrogen-bond donors (Lipinski definition) is 3. The van der Waals surface area contributed by atoms with Crippen LogP contribution in [0.4, 0.5) is 5.69 Å². The van der Waals surface area contributed by atoms with Crippen molar-refractivity contribution in [3.05, 3.63) is 39.4 Å². The van der Waals surface area contributed by atoms with Crippen molar-refractivity contribution in [3.8, 4) is 0 Å². The van der Waals surface area contributed by atoms with Gasteiger partial charge in [-0.3, -0.25) is 20.3 Å². The molecule has 7 heteroatoms. The number of carbonyl (C=O) groups excluding carboxylic acids is 1. The molecule has 0 aliphatic carbocycles. The van der Waals surface area contributed by atoms with E-state index in [0.717, 1.165) is 6.42 Å². The number of nitro groups is 1. The first-order valence-corrected chi connectivity index (χ1v) is 6.04. The highest BCUT2D eigenvalue weighted by Gasteiger charge is 2.22. The van der Waals surface area contributed by atoms with Gasteiger partial charge >= 0.3 is 0 Å². The quantitative estimate of drug-likeness (QED) is 0.555. The zero-order valence-corrected chi connectivity index (χ0v) is 10.8. The summed E-state index contributed by atoms with van der Waals surface area (Å²) in [7, 11) is 0. The maximum absolute atomic E-state index is 12.0. The number of nitrogens with one attached hydrogen (secondary N) is 3. The summed E-state index contributed by atoms with van der Waals surface area (Å²) in [4.78, 5) is 22.2. The smallest absolute Gasteiger partial charge is 0.272 e. The molecule has 1 heterocycles. The van der Waals surface area contributed by atoms with Gasteiger partial charge in [0, 0.05) is 23.2 Å². The van der Waals surface area contributed by atoms with E-state index in [9.17, 15) is 14.9 Å². The first-order valence-electron chi connectivity index (χ1n) is 6.04. The highest BCUT2D eigenvalue weighted by atomic mass is 16.6. The zero-order valence-electron chi connectivity index (χ0n) is 10.8. The van der Waals surface area contributed by atoms with Gasteiger partial charge in [0.15, 0.2) is 0 Å². The van der Waals surface area contributed by atoms with E-state index in [2.05, 4.69) is 16.2 Å². The Labute approximate surface area is 110 Å². The van der Waals surface area contributed by atoms with Gasteiger partial charge in [-0.2, -0.15) is 0 Å². The van der Waals surface area contributed by atoms with Crippen molar-refractivity contribution in [2.45, 2.75) is 32.5 Å². The number of amides is 1. The summed E-state index contributed by atoms with van der Waals surface area (Å²) < 4.78 is 0. The molecule has 2 atom stereocenters. The largest absolute Gasteiger partial charge is 0.335 e. The number of hydrazine groups is 1. The van der Waals surface area contributed by atoms with Crippen LogP contribution in [0.2, 0.25) is 0 Å². The molecule has 1 aromatic carbocycles. The molecule has 3 N–H and O–H groups in total. The Morgan fingerprint density at radius 1 is 1.47 bits per heavy atom. The van der Waals surface area contributed by atoms with Crippen LogP contribution < -0.4 is 16.2 Å². The molecule has 19 heavy (non-hydrogen) atoms. The third-order valence-electron chi connectivity index (χ3n) is 3.05. The average Bonchev–Trinajstić information content (AvgIpc) is 2.74. The van der Waals surface area contributed by atoms with Crippen LogP contribution >= 0.6 is 0 Å². The molecule has 1 saturated heterocycles. The Hall–Kier alpha value is -1.99. The molecule has 1 fully saturated rings. The minimum Gasteiger partial charge on any atom is -0.335 e. The lowest BCUT2D eigenvalue weighted by Gasteiger charge is -2.12. The first-order chi connectivity index (χ1) is 8.97. The second-order valence-corrected chi connectivity index (χ2v) is 4.71. The maximum atomic E-state index is 12.0. The Kier molecular flexibility index (Phi) is 3.77. The Morgan fingerprint density at radius 3 is 2.74 bits per heavy atom. The Balaban J connectivity index is 2.07. The van der Waals surface area contributed by atoms with Gasteiger partial charge in [0.1, 0.15) is 0 Å². The van der Waals surface area contributed by atoms with Crippen LogP contribution in [0.1, 0.15) is 29.3 Å². The van der Waals surface area contributed by atoms with Gasteiger partial charge in [-0.25, -0.2) is 5.43 Å². The summed E-state index contributed by atoms with van der Waals surface area (Å²) in [5.41, 5.74) is 6.88. The summed E-state index contributed by atoms with van der Waals surface area (Å²) in [6, 6.07) is 4.64. The molecule has 102 valence electrons. The van der Waals surface area contributed by atoms with Gasteiger partial charge in [0.2, 0.25) is 0 Å². The third-order valence-corrected chi connectivity index (χ3v) is 3.05. The first kappa shape index (κ1) is 13.4. The summed E-state index contributed by atoms with van der Waals surface area (Å²) in [6.45, 7) is 3.63. The Morgan fingerprint density at radius 2 is 2.21 bits per heavy atom. The van der Waals surface area contributed by atoms with E-state index in [1.165, 1.54) is 18.2 Å². The van der Waals surface area contributed by atoms with Gasteiger partial charge < -0.3 is 5.32 Å². The molecule has 0 spiro atoms. The van der Waals surface area contributed by atoms with Crippen LogP contribution in [0.5, 0.6) is 0 Å². The van der Waals surface area contributed by atoms with Crippen LogP contribution in [0.15, 0.2) is 18.2 Å². The highest BCUT2D eigenvalue weighted by molar-refractivity contribution is 5.94. The van der Waals surface area contributed by atoms with Crippen molar-refractivity contribution >= 4 is 11.6 Å². The van der Waals surface area contributed by atoms with Crippen molar-refractivity contribution in [1.29, 1.82) is 0 Å². The third kappa shape index (κ3) is 3.07. The lowest BCUT2D eigenvalue weighted by Crippen LogP contribution is -2.44. The topological polar surface area (TPSA) is 96.3 Å². The maximum Gasteiger partial charge on any atom is 0.272 e. The molecule has 0 bridgehead atoms. The predicted molar refractivity (Wildman–Crippen MR) is 69.4 cm³/mol. The van der Waals surface area contributed by atoms with Gasteiger partial charge in [-0.15, -0.1) is 0 Å². The summed E-state index contributed by atoms with van der Waals surface area (Å²) in [5, 5.41) is 13.5. The monoisotopic (exact) mass is 264 g/mol. The normalized spacial score (nSPS) is 22.2. The summed E-state index contributed by atoms with van der Waals surface area (Å²) in [6.07, 6.45) is 0.663. The molecule has 2 rings (SSSR count). The van der Waals surface area contributed by atoms with E-state index < -0.39 is 4.92 Å². The molecule has 0 radical (unpaired) electrons. The van der Waals surface area contributed by atoms with Gasteiger partial charge in [-0.1, -0.05) is 0 Å². The number of benzene rings is 1. The zero-order chi connectivity index (χ0) is 14.0. The van der Waals surface area contributed by atoms with Gasteiger partial charge in [0.05, 0.1) is 11.1 Å². The van der Waals surface area contributed by atoms with E-state index in [1.54, 1.807) is 6.92 Å². The van der Waals surface area contributed by atoms with Crippen molar-refractivity contribution in [3.63, 3.8) is 0 Å². The highest BCUT2D eigenvalue weighted by Crippen LogP contribution is 2.18. The molecule has 0 aromatic heterocycles. The number of aryl methyl sites for hydroxylation is 1. The fraction of sp³-hybridized carbons (Fsp3) is 0.417. The summed E-state index contributed by atoms with van der Waals surface area (Å²) >= 11 is 0.